The lowest BCUT2D eigenvalue weighted by molar-refractivity contribution is 0.360. The fourth-order valence-corrected chi connectivity index (χ4v) is 2.14. The number of ether oxygens (including phenoxy) is 1. The Morgan fingerprint density at radius 2 is 1.88 bits per heavy atom. The van der Waals surface area contributed by atoms with Gasteiger partial charge in [0.1, 0.15) is 5.75 Å². The summed E-state index contributed by atoms with van der Waals surface area (Å²) in [5.74, 6) is 1.80. The highest BCUT2D eigenvalue weighted by molar-refractivity contribution is 5.37. The summed E-state index contributed by atoms with van der Waals surface area (Å²) >= 11 is 0. The monoisotopic (exact) mass is 236 g/mol. The summed E-state index contributed by atoms with van der Waals surface area (Å²) in [6.45, 7) is 5.58. The van der Waals surface area contributed by atoms with Crippen molar-refractivity contribution in [2.75, 3.05) is 20.2 Å². The Labute approximate surface area is 104 Å². The quantitative estimate of drug-likeness (QED) is 0.790. The Kier molecular flexibility index (Phi) is 5.45. The number of rotatable bonds is 6. The smallest absolute Gasteiger partial charge is 0.122 e. The van der Waals surface area contributed by atoms with Crippen LogP contribution in [0.2, 0.25) is 0 Å². The molecule has 0 aliphatic heterocycles. The Balaban J connectivity index is 2.82. The molecule has 0 fully saturated rings. The van der Waals surface area contributed by atoms with E-state index in [0.717, 1.165) is 12.2 Å². The number of hydrogen-bond acceptors (Lipinski definition) is 3. The fourth-order valence-electron chi connectivity index (χ4n) is 2.14. The fraction of sp³-hybridized carbons (Fsp3) is 0.571. The third-order valence-corrected chi connectivity index (χ3v) is 3.39. The largest absolute Gasteiger partial charge is 0.496 e. The average molecular weight is 236 g/mol. The maximum atomic E-state index is 5.73. The van der Waals surface area contributed by atoms with Crippen LogP contribution in [0.3, 0.4) is 0 Å². The Morgan fingerprint density at radius 3 is 2.41 bits per heavy atom. The summed E-state index contributed by atoms with van der Waals surface area (Å²) in [4.78, 5) is 0. The molecule has 0 spiro atoms. The molecule has 1 aromatic rings. The molecule has 1 rings (SSSR count). The highest BCUT2D eigenvalue weighted by atomic mass is 16.5. The van der Waals surface area contributed by atoms with Gasteiger partial charge in [-0.15, -0.1) is 0 Å². The van der Waals surface area contributed by atoms with Gasteiger partial charge in [-0.1, -0.05) is 24.6 Å². The van der Waals surface area contributed by atoms with Crippen LogP contribution in [0.15, 0.2) is 18.2 Å². The maximum absolute atomic E-state index is 5.73. The van der Waals surface area contributed by atoms with E-state index in [1.165, 1.54) is 11.1 Å². The lowest BCUT2D eigenvalue weighted by Crippen LogP contribution is -2.30. The molecule has 1 unspecified atom stereocenters. The minimum Gasteiger partial charge on any atom is -0.496 e. The van der Waals surface area contributed by atoms with Crippen LogP contribution in [0.4, 0.5) is 0 Å². The van der Waals surface area contributed by atoms with Gasteiger partial charge in [0.25, 0.3) is 0 Å². The molecule has 0 saturated carbocycles. The molecule has 1 atom stereocenters. The van der Waals surface area contributed by atoms with Gasteiger partial charge in [-0.05, 0) is 49.9 Å². The molecule has 0 bridgehead atoms. The topological polar surface area (TPSA) is 61.3 Å². The van der Waals surface area contributed by atoms with Crippen molar-refractivity contribution in [3.05, 3.63) is 29.3 Å². The Hall–Kier alpha value is -1.06. The molecule has 17 heavy (non-hydrogen) atoms. The first kappa shape index (κ1) is 14.0. The van der Waals surface area contributed by atoms with E-state index in [9.17, 15) is 0 Å². The van der Waals surface area contributed by atoms with Crippen molar-refractivity contribution >= 4 is 0 Å². The van der Waals surface area contributed by atoms with E-state index >= 15 is 0 Å². The van der Waals surface area contributed by atoms with E-state index < -0.39 is 0 Å². The van der Waals surface area contributed by atoms with Crippen molar-refractivity contribution < 1.29 is 4.74 Å². The second-order valence-corrected chi connectivity index (χ2v) is 4.73. The van der Waals surface area contributed by atoms with Gasteiger partial charge in [0.05, 0.1) is 7.11 Å². The van der Waals surface area contributed by atoms with Gasteiger partial charge in [-0.25, -0.2) is 0 Å². The van der Waals surface area contributed by atoms with Crippen molar-refractivity contribution in [2.45, 2.75) is 20.3 Å². The zero-order valence-electron chi connectivity index (χ0n) is 11.1. The molecule has 96 valence electrons. The second kappa shape index (κ2) is 6.62. The number of benzene rings is 1. The van der Waals surface area contributed by atoms with Crippen LogP contribution in [0.25, 0.3) is 0 Å². The van der Waals surface area contributed by atoms with Crippen LogP contribution in [0.1, 0.15) is 18.1 Å². The molecule has 3 heteroatoms. The van der Waals surface area contributed by atoms with E-state index in [1.807, 2.05) is 6.07 Å². The second-order valence-electron chi connectivity index (χ2n) is 4.73. The standard InChI is InChI=1S/C14H24N2O/c1-10-4-5-14(17-3)12(6-10)7-11(2)13(8-15)9-16/h4-6,11,13H,7-9,15-16H2,1-3H3. The summed E-state index contributed by atoms with van der Waals surface area (Å²) in [6, 6.07) is 6.27. The zero-order valence-corrected chi connectivity index (χ0v) is 11.1. The van der Waals surface area contributed by atoms with E-state index in [4.69, 9.17) is 16.2 Å². The van der Waals surface area contributed by atoms with E-state index in [1.54, 1.807) is 7.11 Å². The van der Waals surface area contributed by atoms with Crippen molar-refractivity contribution in [1.29, 1.82) is 0 Å². The molecule has 0 saturated heterocycles. The third-order valence-electron chi connectivity index (χ3n) is 3.39. The molecule has 0 heterocycles. The van der Waals surface area contributed by atoms with E-state index in [-0.39, 0.29) is 0 Å². The van der Waals surface area contributed by atoms with Crippen molar-refractivity contribution in [1.82, 2.24) is 0 Å². The van der Waals surface area contributed by atoms with Gasteiger partial charge >= 0.3 is 0 Å². The van der Waals surface area contributed by atoms with Crippen LogP contribution in [0.5, 0.6) is 5.75 Å². The molecular weight excluding hydrogens is 212 g/mol. The summed E-state index contributed by atoms with van der Waals surface area (Å²) in [5, 5.41) is 0. The van der Waals surface area contributed by atoms with Gasteiger partial charge in [-0.3, -0.25) is 0 Å². The van der Waals surface area contributed by atoms with Crippen molar-refractivity contribution in [3.8, 4) is 5.75 Å². The molecule has 1 aromatic carbocycles. The first-order chi connectivity index (χ1) is 8.12. The predicted molar refractivity (Wildman–Crippen MR) is 72.2 cm³/mol. The summed E-state index contributed by atoms with van der Waals surface area (Å²) in [5.41, 5.74) is 14.0. The summed E-state index contributed by atoms with van der Waals surface area (Å²) in [7, 11) is 1.71. The lowest BCUT2D eigenvalue weighted by atomic mass is 9.87. The molecular formula is C14H24N2O. The zero-order chi connectivity index (χ0) is 12.8. The molecule has 0 aliphatic carbocycles. The normalized spacial score (nSPS) is 12.8. The summed E-state index contributed by atoms with van der Waals surface area (Å²) in [6.07, 6.45) is 0.962. The number of nitrogens with two attached hydrogens (primary N) is 2. The van der Waals surface area contributed by atoms with Crippen LogP contribution < -0.4 is 16.2 Å². The van der Waals surface area contributed by atoms with Crippen molar-refractivity contribution in [3.63, 3.8) is 0 Å². The Morgan fingerprint density at radius 1 is 1.24 bits per heavy atom. The predicted octanol–water partition coefficient (Wildman–Crippen LogP) is 1.72. The SMILES string of the molecule is COc1ccc(C)cc1CC(C)C(CN)CN. The van der Waals surface area contributed by atoms with Gasteiger partial charge in [0, 0.05) is 0 Å². The van der Waals surface area contributed by atoms with Crippen molar-refractivity contribution in [2.24, 2.45) is 23.3 Å². The number of hydrogen-bond donors (Lipinski definition) is 2. The molecule has 0 aliphatic rings. The molecule has 4 N–H and O–H groups in total. The van der Waals surface area contributed by atoms with Crippen LogP contribution >= 0.6 is 0 Å². The van der Waals surface area contributed by atoms with Crippen LogP contribution in [0, 0.1) is 18.8 Å². The van der Waals surface area contributed by atoms with Crippen LogP contribution in [-0.2, 0) is 6.42 Å². The lowest BCUT2D eigenvalue weighted by Gasteiger charge is -2.22. The van der Waals surface area contributed by atoms with Gasteiger partial charge in [0.15, 0.2) is 0 Å². The molecule has 0 aromatic heterocycles. The van der Waals surface area contributed by atoms with E-state index in [0.29, 0.717) is 24.9 Å². The number of aryl methyl sites for hydroxylation is 1. The van der Waals surface area contributed by atoms with Gasteiger partial charge in [-0.2, -0.15) is 0 Å². The average Bonchev–Trinajstić information content (AvgIpc) is 2.31. The molecule has 0 amide bonds. The molecule has 3 nitrogen and oxygen atoms in total. The number of methoxy groups -OCH3 is 1. The minimum atomic E-state index is 0.375. The third kappa shape index (κ3) is 3.72. The Bertz CT molecular complexity index is 348. The first-order valence-corrected chi connectivity index (χ1v) is 6.16. The van der Waals surface area contributed by atoms with Gasteiger partial charge in [0.2, 0.25) is 0 Å². The maximum Gasteiger partial charge on any atom is 0.122 e. The minimum absolute atomic E-state index is 0.375. The highest BCUT2D eigenvalue weighted by Crippen LogP contribution is 2.25. The van der Waals surface area contributed by atoms with Crippen LogP contribution in [-0.4, -0.2) is 20.2 Å². The summed E-state index contributed by atoms with van der Waals surface area (Å²) < 4.78 is 5.39. The highest BCUT2D eigenvalue weighted by Gasteiger charge is 2.16. The first-order valence-electron chi connectivity index (χ1n) is 6.16. The van der Waals surface area contributed by atoms with Gasteiger partial charge < -0.3 is 16.2 Å². The van der Waals surface area contributed by atoms with E-state index in [2.05, 4.69) is 26.0 Å². The molecule has 0 radical (unpaired) electrons.